The SMILES string of the molecule is Cc1nnc(NCCc2cnn(C)c2)c(C#N)c1C. The molecule has 6 nitrogen and oxygen atoms in total. The zero-order valence-electron chi connectivity index (χ0n) is 11.3. The van der Waals surface area contributed by atoms with Crippen LogP contribution in [0.4, 0.5) is 5.82 Å². The average molecular weight is 256 g/mol. The Morgan fingerprint density at radius 3 is 2.79 bits per heavy atom. The third-order valence-electron chi connectivity index (χ3n) is 3.03. The Balaban J connectivity index is 2.04. The zero-order chi connectivity index (χ0) is 13.8. The maximum Gasteiger partial charge on any atom is 0.166 e. The van der Waals surface area contributed by atoms with Crippen LogP contribution in [-0.4, -0.2) is 26.5 Å². The quantitative estimate of drug-likeness (QED) is 0.893. The number of nitrogens with one attached hydrogen (secondary N) is 1. The second-order valence-electron chi connectivity index (χ2n) is 4.44. The highest BCUT2D eigenvalue weighted by molar-refractivity contribution is 5.55. The minimum Gasteiger partial charge on any atom is -0.367 e. The van der Waals surface area contributed by atoms with E-state index in [0.717, 1.165) is 23.2 Å². The Kier molecular flexibility index (Phi) is 3.76. The van der Waals surface area contributed by atoms with Crippen molar-refractivity contribution in [3.8, 4) is 6.07 Å². The molecule has 2 heterocycles. The lowest BCUT2D eigenvalue weighted by Crippen LogP contribution is -2.10. The molecule has 0 unspecified atom stereocenters. The molecule has 0 radical (unpaired) electrons. The van der Waals surface area contributed by atoms with E-state index in [-0.39, 0.29) is 0 Å². The van der Waals surface area contributed by atoms with Gasteiger partial charge < -0.3 is 5.32 Å². The van der Waals surface area contributed by atoms with E-state index in [4.69, 9.17) is 0 Å². The number of hydrogen-bond donors (Lipinski definition) is 1. The van der Waals surface area contributed by atoms with Gasteiger partial charge in [-0.1, -0.05) is 0 Å². The van der Waals surface area contributed by atoms with Gasteiger partial charge >= 0.3 is 0 Å². The predicted molar refractivity (Wildman–Crippen MR) is 71.6 cm³/mol. The monoisotopic (exact) mass is 256 g/mol. The Bertz CT molecular complexity index is 623. The Morgan fingerprint density at radius 2 is 2.16 bits per heavy atom. The van der Waals surface area contributed by atoms with Crippen molar-refractivity contribution < 1.29 is 0 Å². The van der Waals surface area contributed by atoms with Crippen molar-refractivity contribution in [3.05, 3.63) is 34.8 Å². The van der Waals surface area contributed by atoms with Crippen LogP contribution >= 0.6 is 0 Å². The molecule has 0 saturated heterocycles. The molecule has 0 aliphatic carbocycles. The van der Waals surface area contributed by atoms with E-state index in [1.54, 1.807) is 4.68 Å². The van der Waals surface area contributed by atoms with Gasteiger partial charge in [-0.05, 0) is 31.4 Å². The highest BCUT2D eigenvalue weighted by Crippen LogP contribution is 2.16. The van der Waals surface area contributed by atoms with Gasteiger partial charge in [0.05, 0.1) is 11.9 Å². The fourth-order valence-corrected chi connectivity index (χ4v) is 1.80. The molecule has 2 aromatic rings. The Morgan fingerprint density at radius 1 is 1.37 bits per heavy atom. The van der Waals surface area contributed by atoms with Crippen molar-refractivity contribution in [2.75, 3.05) is 11.9 Å². The Labute approximate surface area is 112 Å². The molecule has 0 spiro atoms. The number of rotatable bonds is 4. The summed E-state index contributed by atoms with van der Waals surface area (Å²) in [6.07, 6.45) is 4.63. The summed E-state index contributed by atoms with van der Waals surface area (Å²) in [5.74, 6) is 0.550. The van der Waals surface area contributed by atoms with Gasteiger partial charge in [0.15, 0.2) is 5.82 Å². The molecule has 19 heavy (non-hydrogen) atoms. The summed E-state index contributed by atoms with van der Waals surface area (Å²) in [4.78, 5) is 0. The summed E-state index contributed by atoms with van der Waals surface area (Å²) in [6.45, 7) is 4.43. The molecule has 0 amide bonds. The highest BCUT2D eigenvalue weighted by Gasteiger charge is 2.10. The molecule has 0 bridgehead atoms. The van der Waals surface area contributed by atoms with Gasteiger partial charge in [-0.2, -0.15) is 15.5 Å². The predicted octanol–water partition coefficient (Wildman–Crippen LogP) is 1.35. The number of anilines is 1. The summed E-state index contributed by atoms with van der Waals surface area (Å²) in [6, 6.07) is 2.18. The van der Waals surface area contributed by atoms with Crippen LogP contribution in [0.1, 0.15) is 22.4 Å². The second kappa shape index (κ2) is 5.48. The third-order valence-corrected chi connectivity index (χ3v) is 3.03. The van der Waals surface area contributed by atoms with Gasteiger partial charge in [-0.25, -0.2) is 0 Å². The lowest BCUT2D eigenvalue weighted by molar-refractivity contribution is 0.766. The fraction of sp³-hybridized carbons (Fsp3) is 0.385. The molecule has 1 N–H and O–H groups in total. The summed E-state index contributed by atoms with van der Waals surface area (Å²) in [7, 11) is 1.89. The lowest BCUT2D eigenvalue weighted by Gasteiger charge is -2.08. The van der Waals surface area contributed by atoms with Gasteiger partial charge in [0, 0.05) is 19.8 Å². The molecule has 0 aromatic carbocycles. The zero-order valence-corrected chi connectivity index (χ0v) is 11.3. The molecule has 2 aromatic heterocycles. The molecule has 0 atom stereocenters. The molecule has 98 valence electrons. The van der Waals surface area contributed by atoms with Gasteiger partial charge in [-0.3, -0.25) is 4.68 Å². The van der Waals surface area contributed by atoms with Crippen molar-refractivity contribution in [1.82, 2.24) is 20.0 Å². The van der Waals surface area contributed by atoms with Crippen LogP contribution in [0.25, 0.3) is 0 Å². The summed E-state index contributed by atoms with van der Waals surface area (Å²) in [5.41, 5.74) is 3.37. The molecule has 2 rings (SSSR count). The van der Waals surface area contributed by atoms with Crippen LogP contribution in [0.5, 0.6) is 0 Å². The number of nitrogens with zero attached hydrogens (tertiary/aromatic N) is 5. The highest BCUT2D eigenvalue weighted by atomic mass is 15.2. The van der Waals surface area contributed by atoms with Crippen LogP contribution in [0, 0.1) is 25.2 Å². The van der Waals surface area contributed by atoms with Crippen molar-refractivity contribution in [2.45, 2.75) is 20.3 Å². The molecule has 0 fully saturated rings. The van der Waals surface area contributed by atoms with E-state index in [2.05, 4.69) is 26.7 Å². The first-order valence-corrected chi connectivity index (χ1v) is 6.07. The van der Waals surface area contributed by atoms with Gasteiger partial charge in [0.2, 0.25) is 0 Å². The molecule has 0 aliphatic heterocycles. The van der Waals surface area contributed by atoms with E-state index in [0.29, 0.717) is 17.9 Å². The van der Waals surface area contributed by atoms with Crippen LogP contribution in [-0.2, 0) is 13.5 Å². The minimum atomic E-state index is 0.550. The lowest BCUT2D eigenvalue weighted by atomic mass is 10.1. The topological polar surface area (TPSA) is 79.4 Å². The van der Waals surface area contributed by atoms with Crippen LogP contribution < -0.4 is 5.32 Å². The summed E-state index contributed by atoms with van der Waals surface area (Å²) < 4.78 is 1.77. The fourth-order valence-electron chi connectivity index (χ4n) is 1.80. The standard InChI is InChI=1S/C13H16N6/c1-9-10(2)17-18-13(12(9)6-14)15-5-4-11-7-16-19(3)8-11/h7-8H,4-5H2,1-3H3,(H,15,18). The number of hydrogen-bond acceptors (Lipinski definition) is 5. The number of aryl methyl sites for hydroxylation is 2. The molecular formula is C13H16N6. The van der Waals surface area contributed by atoms with Crippen molar-refractivity contribution in [2.24, 2.45) is 7.05 Å². The first-order valence-electron chi connectivity index (χ1n) is 6.07. The summed E-state index contributed by atoms with van der Waals surface area (Å²) >= 11 is 0. The Hall–Kier alpha value is -2.42. The first-order chi connectivity index (χ1) is 9.11. The number of aromatic nitrogens is 4. The maximum absolute atomic E-state index is 9.17. The minimum absolute atomic E-state index is 0.550. The van der Waals surface area contributed by atoms with E-state index in [9.17, 15) is 5.26 Å². The van der Waals surface area contributed by atoms with E-state index >= 15 is 0 Å². The van der Waals surface area contributed by atoms with Crippen LogP contribution in [0.15, 0.2) is 12.4 Å². The average Bonchev–Trinajstić information content (AvgIpc) is 2.80. The van der Waals surface area contributed by atoms with E-state index < -0.39 is 0 Å². The van der Waals surface area contributed by atoms with Gasteiger partial charge in [0.1, 0.15) is 11.6 Å². The first kappa shape index (κ1) is 13.0. The smallest absolute Gasteiger partial charge is 0.166 e. The van der Waals surface area contributed by atoms with Gasteiger partial charge in [0.25, 0.3) is 0 Å². The number of nitriles is 1. The molecule has 0 aliphatic rings. The van der Waals surface area contributed by atoms with Crippen LogP contribution in [0.3, 0.4) is 0 Å². The molecule has 0 saturated carbocycles. The molecule has 6 heteroatoms. The molecular weight excluding hydrogens is 240 g/mol. The van der Waals surface area contributed by atoms with Crippen molar-refractivity contribution in [3.63, 3.8) is 0 Å². The van der Waals surface area contributed by atoms with Crippen molar-refractivity contribution >= 4 is 5.82 Å². The summed E-state index contributed by atoms with van der Waals surface area (Å²) in [5, 5.41) is 24.5. The van der Waals surface area contributed by atoms with Crippen LogP contribution in [0.2, 0.25) is 0 Å². The van der Waals surface area contributed by atoms with E-state index in [1.165, 1.54) is 0 Å². The largest absolute Gasteiger partial charge is 0.367 e. The second-order valence-corrected chi connectivity index (χ2v) is 4.44. The maximum atomic E-state index is 9.17. The third kappa shape index (κ3) is 2.88. The van der Waals surface area contributed by atoms with Crippen molar-refractivity contribution in [1.29, 1.82) is 5.26 Å². The normalized spacial score (nSPS) is 10.2. The van der Waals surface area contributed by atoms with Gasteiger partial charge in [-0.15, -0.1) is 5.10 Å². The van der Waals surface area contributed by atoms with E-state index in [1.807, 2.05) is 33.3 Å².